The van der Waals surface area contributed by atoms with Crippen LogP contribution in [-0.2, 0) is 4.79 Å². The second kappa shape index (κ2) is 7.72. The number of hydrogen-bond donors (Lipinski definition) is 4. The van der Waals surface area contributed by atoms with Crippen LogP contribution in [0, 0.1) is 0 Å². The number of nitrogens with two attached hydrogens (primary N) is 1. The molecule has 0 atom stereocenters. The van der Waals surface area contributed by atoms with E-state index in [1.54, 1.807) is 0 Å². The summed E-state index contributed by atoms with van der Waals surface area (Å²) >= 11 is 0. The predicted molar refractivity (Wildman–Crippen MR) is 71.3 cm³/mol. The van der Waals surface area contributed by atoms with Gasteiger partial charge < -0.3 is 21.5 Å². The SMILES string of the molecule is NC(=O)Nc1ccc(C(=O)NCCCCC(=O)O)nc1. The van der Waals surface area contributed by atoms with Crippen LogP contribution in [0.4, 0.5) is 10.5 Å². The fourth-order valence-electron chi connectivity index (χ4n) is 1.44. The molecule has 1 aromatic rings. The Bertz CT molecular complexity index is 487. The molecule has 1 aromatic heterocycles. The monoisotopic (exact) mass is 280 g/mol. The number of carbonyl (C=O) groups excluding carboxylic acids is 2. The van der Waals surface area contributed by atoms with Gasteiger partial charge in [0.25, 0.3) is 5.91 Å². The van der Waals surface area contributed by atoms with Gasteiger partial charge in [-0.15, -0.1) is 0 Å². The van der Waals surface area contributed by atoms with Crippen molar-refractivity contribution in [3.8, 4) is 0 Å². The Morgan fingerprint density at radius 2 is 2.00 bits per heavy atom. The summed E-state index contributed by atoms with van der Waals surface area (Å²) in [4.78, 5) is 36.4. The standard InChI is InChI=1S/C12H16N4O4/c13-12(20)16-8-4-5-9(15-7-8)11(19)14-6-2-1-3-10(17)18/h4-5,7H,1-3,6H2,(H,14,19)(H,17,18)(H3,13,16,20). The molecule has 0 aliphatic rings. The van der Waals surface area contributed by atoms with E-state index in [0.29, 0.717) is 25.1 Å². The minimum Gasteiger partial charge on any atom is -0.481 e. The number of primary amides is 1. The molecule has 20 heavy (non-hydrogen) atoms. The smallest absolute Gasteiger partial charge is 0.316 e. The number of rotatable bonds is 7. The summed E-state index contributed by atoms with van der Waals surface area (Å²) < 4.78 is 0. The molecule has 8 nitrogen and oxygen atoms in total. The van der Waals surface area contributed by atoms with Crippen LogP contribution in [0.5, 0.6) is 0 Å². The number of anilines is 1. The third kappa shape index (κ3) is 5.80. The zero-order valence-electron chi connectivity index (χ0n) is 10.8. The first kappa shape index (κ1) is 15.4. The van der Waals surface area contributed by atoms with E-state index < -0.39 is 12.0 Å². The molecule has 0 spiro atoms. The summed E-state index contributed by atoms with van der Waals surface area (Å²) in [6.07, 6.45) is 2.50. The molecule has 0 bridgehead atoms. The van der Waals surface area contributed by atoms with E-state index in [1.165, 1.54) is 18.3 Å². The van der Waals surface area contributed by atoms with Gasteiger partial charge in [-0.1, -0.05) is 0 Å². The van der Waals surface area contributed by atoms with Gasteiger partial charge in [0.1, 0.15) is 5.69 Å². The van der Waals surface area contributed by atoms with Crippen molar-refractivity contribution in [2.45, 2.75) is 19.3 Å². The van der Waals surface area contributed by atoms with Crippen molar-refractivity contribution in [2.24, 2.45) is 5.73 Å². The van der Waals surface area contributed by atoms with Crippen LogP contribution >= 0.6 is 0 Å². The highest BCUT2D eigenvalue weighted by Gasteiger charge is 2.07. The van der Waals surface area contributed by atoms with Gasteiger partial charge >= 0.3 is 12.0 Å². The van der Waals surface area contributed by atoms with E-state index in [0.717, 1.165) is 0 Å². The number of nitrogens with one attached hydrogen (secondary N) is 2. The lowest BCUT2D eigenvalue weighted by atomic mass is 10.2. The molecule has 3 amide bonds. The molecule has 5 N–H and O–H groups in total. The number of carbonyl (C=O) groups is 3. The quantitative estimate of drug-likeness (QED) is 0.541. The summed E-state index contributed by atoms with van der Waals surface area (Å²) in [7, 11) is 0. The largest absolute Gasteiger partial charge is 0.481 e. The van der Waals surface area contributed by atoms with Crippen molar-refractivity contribution in [3.05, 3.63) is 24.0 Å². The molecule has 0 saturated carbocycles. The highest BCUT2D eigenvalue weighted by atomic mass is 16.4. The number of amides is 3. The molecule has 0 aliphatic heterocycles. The Morgan fingerprint density at radius 1 is 1.25 bits per heavy atom. The first-order chi connectivity index (χ1) is 9.49. The second-order valence-corrected chi connectivity index (χ2v) is 4.03. The van der Waals surface area contributed by atoms with Gasteiger partial charge in [-0.25, -0.2) is 9.78 Å². The summed E-state index contributed by atoms with van der Waals surface area (Å²) in [6.45, 7) is 0.384. The molecule has 8 heteroatoms. The van der Waals surface area contributed by atoms with Gasteiger partial charge in [0.05, 0.1) is 11.9 Å². The number of carboxylic acids is 1. The van der Waals surface area contributed by atoms with Crippen molar-refractivity contribution in [1.82, 2.24) is 10.3 Å². The van der Waals surface area contributed by atoms with E-state index in [9.17, 15) is 14.4 Å². The van der Waals surface area contributed by atoms with Gasteiger partial charge in [-0.3, -0.25) is 9.59 Å². The summed E-state index contributed by atoms with van der Waals surface area (Å²) in [5, 5.41) is 13.4. The Labute approximate surface area is 115 Å². The van der Waals surface area contributed by atoms with E-state index in [-0.39, 0.29) is 18.0 Å². The topological polar surface area (TPSA) is 134 Å². The average molecular weight is 280 g/mol. The van der Waals surface area contributed by atoms with Gasteiger partial charge in [0, 0.05) is 13.0 Å². The fraction of sp³-hybridized carbons (Fsp3) is 0.333. The lowest BCUT2D eigenvalue weighted by Gasteiger charge is -2.05. The molecule has 0 radical (unpaired) electrons. The van der Waals surface area contributed by atoms with Crippen LogP contribution in [0.2, 0.25) is 0 Å². The Morgan fingerprint density at radius 3 is 2.55 bits per heavy atom. The number of aromatic nitrogens is 1. The molecular weight excluding hydrogens is 264 g/mol. The maximum absolute atomic E-state index is 11.7. The van der Waals surface area contributed by atoms with Crippen LogP contribution in [0.15, 0.2) is 18.3 Å². The number of pyridine rings is 1. The number of hydrogen-bond acceptors (Lipinski definition) is 4. The Kier molecular flexibility index (Phi) is 5.95. The van der Waals surface area contributed by atoms with Crippen molar-refractivity contribution in [1.29, 1.82) is 0 Å². The maximum Gasteiger partial charge on any atom is 0.316 e. The highest BCUT2D eigenvalue weighted by Crippen LogP contribution is 2.05. The number of aliphatic carboxylic acids is 1. The van der Waals surface area contributed by atoms with Gasteiger partial charge in [-0.05, 0) is 25.0 Å². The van der Waals surface area contributed by atoms with E-state index in [4.69, 9.17) is 10.8 Å². The number of nitrogens with zero attached hydrogens (tertiary/aromatic N) is 1. The zero-order valence-corrected chi connectivity index (χ0v) is 10.8. The van der Waals surface area contributed by atoms with Crippen molar-refractivity contribution in [3.63, 3.8) is 0 Å². The minimum absolute atomic E-state index is 0.0849. The minimum atomic E-state index is -0.851. The third-order valence-corrected chi connectivity index (χ3v) is 2.37. The molecule has 0 saturated heterocycles. The summed E-state index contributed by atoms with van der Waals surface area (Å²) in [5.74, 6) is -1.21. The first-order valence-electron chi connectivity index (χ1n) is 6.01. The normalized spacial score (nSPS) is 9.80. The van der Waals surface area contributed by atoms with Crippen LogP contribution in [0.25, 0.3) is 0 Å². The van der Waals surface area contributed by atoms with Crippen LogP contribution < -0.4 is 16.4 Å². The summed E-state index contributed by atoms with van der Waals surface area (Å²) in [5.41, 5.74) is 5.54. The highest BCUT2D eigenvalue weighted by molar-refractivity contribution is 5.93. The molecule has 1 heterocycles. The molecule has 1 rings (SSSR count). The zero-order chi connectivity index (χ0) is 15.0. The molecule has 0 fully saturated rings. The van der Waals surface area contributed by atoms with E-state index in [2.05, 4.69) is 15.6 Å². The average Bonchev–Trinajstić information content (AvgIpc) is 2.38. The fourth-order valence-corrected chi connectivity index (χ4v) is 1.44. The van der Waals surface area contributed by atoms with Gasteiger partial charge in [-0.2, -0.15) is 0 Å². The predicted octanol–water partition coefficient (Wildman–Crippen LogP) is 0.557. The Balaban J connectivity index is 2.36. The third-order valence-electron chi connectivity index (χ3n) is 2.37. The maximum atomic E-state index is 11.7. The number of unbranched alkanes of at least 4 members (excludes halogenated alkanes) is 1. The second-order valence-electron chi connectivity index (χ2n) is 4.03. The molecule has 0 aromatic carbocycles. The van der Waals surface area contributed by atoms with Gasteiger partial charge in [0.15, 0.2) is 0 Å². The van der Waals surface area contributed by atoms with E-state index in [1.807, 2.05) is 0 Å². The summed E-state index contributed by atoms with van der Waals surface area (Å²) in [6, 6.07) is 2.26. The Hall–Kier alpha value is -2.64. The van der Waals surface area contributed by atoms with Crippen LogP contribution in [0.1, 0.15) is 29.8 Å². The molecular formula is C12H16N4O4. The lowest BCUT2D eigenvalue weighted by Crippen LogP contribution is -2.25. The van der Waals surface area contributed by atoms with Crippen LogP contribution in [0.3, 0.4) is 0 Å². The van der Waals surface area contributed by atoms with Crippen molar-refractivity contribution in [2.75, 3.05) is 11.9 Å². The molecule has 0 unspecified atom stereocenters. The number of carboxylic acid groups (broad SMARTS) is 1. The molecule has 108 valence electrons. The van der Waals surface area contributed by atoms with Gasteiger partial charge in [0.2, 0.25) is 0 Å². The lowest BCUT2D eigenvalue weighted by molar-refractivity contribution is -0.137. The van der Waals surface area contributed by atoms with Crippen LogP contribution in [-0.4, -0.2) is 34.5 Å². The van der Waals surface area contributed by atoms with E-state index >= 15 is 0 Å². The van der Waals surface area contributed by atoms with Crippen molar-refractivity contribution < 1.29 is 19.5 Å². The first-order valence-corrected chi connectivity index (χ1v) is 6.01. The van der Waals surface area contributed by atoms with Crippen molar-refractivity contribution >= 4 is 23.6 Å². The number of urea groups is 1. The molecule has 0 aliphatic carbocycles.